The number of halogens is 2. The van der Waals surface area contributed by atoms with Gasteiger partial charge in [0, 0.05) is 0 Å². The van der Waals surface area contributed by atoms with Crippen LogP contribution in [0.1, 0.15) is 64.7 Å². The molecule has 0 amide bonds. The zero-order chi connectivity index (χ0) is 14.2. The second-order valence-corrected chi connectivity index (χ2v) is 11.4. The molecule has 0 bridgehead atoms. The van der Waals surface area contributed by atoms with Crippen LogP contribution in [-0.2, 0) is 9.53 Å². The Balaban J connectivity index is 1.73. The summed E-state index contributed by atoms with van der Waals surface area (Å²) in [5.41, 5.74) is -0.120. The van der Waals surface area contributed by atoms with Gasteiger partial charge in [-0.3, -0.25) is 0 Å². The zero-order valence-electron chi connectivity index (χ0n) is 12.1. The van der Waals surface area contributed by atoms with E-state index >= 15 is 0 Å². The van der Waals surface area contributed by atoms with Crippen LogP contribution in [0, 0.1) is 5.92 Å². The van der Waals surface area contributed by atoms with Crippen LogP contribution in [-0.4, -0.2) is 19.0 Å². The minimum atomic E-state index is -0.353. The Kier molecular flexibility index (Phi) is 4.87. The van der Waals surface area contributed by atoms with E-state index in [1.54, 1.807) is 0 Å². The van der Waals surface area contributed by atoms with E-state index in [0.717, 1.165) is 12.8 Å². The Morgan fingerprint density at radius 1 is 1.25 bits per heavy atom. The molecule has 0 radical (unpaired) electrons. The van der Waals surface area contributed by atoms with Crippen LogP contribution < -0.4 is 25.0 Å². The number of hydrogen-bond acceptors (Lipinski definition) is 3. The number of nitrogens with one attached hydrogen (secondary N) is 1. The Morgan fingerprint density at radius 2 is 1.85 bits per heavy atom. The summed E-state index contributed by atoms with van der Waals surface area (Å²) in [6.07, 6.45) is 11.1. The van der Waals surface area contributed by atoms with Gasteiger partial charge in [-0.25, -0.2) is 0 Å². The Hall–Kier alpha value is 0.890. The second-order valence-electron chi connectivity index (χ2n) is 6.65. The fraction of sp³-hybridized carbons (Fsp3) is 0.933. The van der Waals surface area contributed by atoms with Gasteiger partial charge >= 0.3 is 147 Å². The van der Waals surface area contributed by atoms with E-state index in [1.165, 1.54) is 44.9 Å². The molecule has 2 atom stereocenters. The average Bonchev–Trinajstić information content (AvgIpc) is 3.15. The van der Waals surface area contributed by atoms with Crippen molar-refractivity contribution in [2.45, 2.75) is 77.8 Å². The number of rotatable bonds is 4. The molecule has 2 aliphatic carbocycles. The summed E-state index contributed by atoms with van der Waals surface area (Å²) in [6, 6.07) is 0. The Labute approximate surface area is 146 Å². The van der Waals surface area contributed by atoms with Crippen LogP contribution in [0.15, 0.2) is 0 Å². The van der Waals surface area contributed by atoms with Gasteiger partial charge in [0.25, 0.3) is 0 Å². The van der Waals surface area contributed by atoms with Crippen LogP contribution in [0.2, 0.25) is 0 Å². The van der Waals surface area contributed by atoms with Gasteiger partial charge in [-0.2, -0.15) is 0 Å². The first kappa shape index (κ1) is 15.8. The molecule has 2 unspecified atom stereocenters. The molecule has 3 fully saturated rings. The molecule has 0 spiro atoms. The van der Waals surface area contributed by atoms with Crippen molar-refractivity contribution in [3.63, 3.8) is 0 Å². The standard InChI is InChI=1S/C15H24I2NO2/c1-14(16,12-17-18-12)13(19)20-15(9-5-2-6-10-15)11-7-3-4-8-11/h11-12,18H,2-10H2,1H3/q-1. The first-order valence-corrected chi connectivity index (χ1v) is 11.3. The monoisotopic (exact) mass is 504 g/mol. The molecule has 1 heterocycles. The molecule has 1 N–H and O–H groups in total. The first-order chi connectivity index (χ1) is 9.55. The molecule has 1 saturated heterocycles. The topological polar surface area (TPSA) is 48.2 Å². The average molecular weight is 504 g/mol. The van der Waals surface area contributed by atoms with Gasteiger partial charge in [0.2, 0.25) is 0 Å². The Morgan fingerprint density at radius 3 is 2.40 bits per heavy atom. The van der Waals surface area contributed by atoms with E-state index in [9.17, 15) is 4.79 Å². The molecule has 5 heteroatoms. The van der Waals surface area contributed by atoms with Crippen LogP contribution >= 0.6 is 22.6 Å². The van der Waals surface area contributed by atoms with E-state index in [4.69, 9.17) is 4.74 Å². The molecule has 0 aromatic rings. The fourth-order valence-electron chi connectivity index (χ4n) is 3.82. The molecule has 3 nitrogen and oxygen atoms in total. The molecule has 3 aliphatic rings. The molecular formula is C15H24I2NO2-. The summed E-state index contributed by atoms with van der Waals surface area (Å²) < 4.78 is 9.70. The van der Waals surface area contributed by atoms with Crippen molar-refractivity contribution >= 4 is 28.6 Å². The first-order valence-electron chi connectivity index (χ1n) is 7.85. The van der Waals surface area contributed by atoms with Crippen molar-refractivity contribution in [2.75, 3.05) is 0 Å². The molecule has 20 heavy (non-hydrogen) atoms. The van der Waals surface area contributed by atoms with Crippen molar-refractivity contribution in [1.82, 2.24) is 3.53 Å². The van der Waals surface area contributed by atoms with Crippen molar-refractivity contribution < 1.29 is 31.0 Å². The van der Waals surface area contributed by atoms with E-state index in [-0.39, 0.29) is 36.5 Å². The van der Waals surface area contributed by atoms with Crippen molar-refractivity contribution in [1.29, 1.82) is 0 Å². The normalized spacial score (nSPS) is 33.0. The predicted molar refractivity (Wildman–Crippen MR) is 83.2 cm³/mol. The number of carbonyl (C=O) groups is 1. The molecule has 116 valence electrons. The Bertz CT molecular complexity index is 370. The number of esters is 1. The third kappa shape index (κ3) is 3.14. The van der Waals surface area contributed by atoms with E-state index in [1.807, 2.05) is 6.92 Å². The molecule has 3 rings (SSSR count). The summed E-state index contributed by atoms with van der Waals surface area (Å²) in [4.78, 5) is 12.7. The van der Waals surface area contributed by atoms with Crippen LogP contribution in [0.5, 0.6) is 0 Å². The van der Waals surface area contributed by atoms with Gasteiger partial charge in [0.1, 0.15) is 0 Å². The summed E-state index contributed by atoms with van der Waals surface area (Å²) >= 11 is 2.35. The molecule has 0 aromatic carbocycles. The molecular weight excluding hydrogens is 480 g/mol. The maximum atomic E-state index is 12.7. The van der Waals surface area contributed by atoms with Gasteiger partial charge in [-0.15, -0.1) is 0 Å². The summed E-state index contributed by atoms with van der Waals surface area (Å²) in [5, 5.41) is 0. The van der Waals surface area contributed by atoms with Gasteiger partial charge in [-0.05, 0) is 0 Å². The van der Waals surface area contributed by atoms with Crippen molar-refractivity contribution in [3.05, 3.63) is 0 Å². The van der Waals surface area contributed by atoms with Gasteiger partial charge in [-0.1, -0.05) is 0 Å². The molecule has 2 saturated carbocycles. The fourth-order valence-corrected chi connectivity index (χ4v) is 7.11. The minimum absolute atomic E-state index is 0.0398. The van der Waals surface area contributed by atoms with Crippen LogP contribution in [0.4, 0.5) is 0 Å². The van der Waals surface area contributed by atoms with Gasteiger partial charge in [0.05, 0.1) is 0 Å². The number of alkyl halides is 2. The van der Waals surface area contributed by atoms with Gasteiger partial charge in [0.15, 0.2) is 0 Å². The summed E-state index contributed by atoms with van der Waals surface area (Å²) in [7, 11) is 0. The third-order valence-corrected chi connectivity index (χ3v) is 9.93. The van der Waals surface area contributed by atoms with E-state index in [2.05, 4.69) is 26.1 Å². The second kappa shape index (κ2) is 6.18. The van der Waals surface area contributed by atoms with Crippen LogP contribution in [0.3, 0.4) is 0 Å². The number of hydrogen-bond donors (Lipinski definition) is 1. The summed E-state index contributed by atoms with van der Waals surface area (Å²) in [6.45, 7) is 2.05. The maximum absolute atomic E-state index is 12.7. The van der Waals surface area contributed by atoms with Crippen molar-refractivity contribution in [2.24, 2.45) is 5.92 Å². The summed E-state index contributed by atoms with van der Waals surface area (Å²) in [5.74, 6) is 0.669. The third-order valence-electron chi connectivity index (χ3n) is 5.19. The van der Waals surface area contributed by atoms with Crippen molar-refractivity contribution in [3.8, 4) is 0 Å². The molecule has 1 aliphatic heterocycles. The van der Waals surface area contributed by atoms with Crippen LogP contribution in [0.25, 0.3) is 0 Å². The number of carbonyl (C=O) groups excluding carboxylic acids is 1. The van der Waals surface area contributed by atoms with E-state index < -0.39 is 0 Å². The quantitative estimate of drug-likeness (QED) is 0.152. The van der Waals surface area contributed by atoms with E-state index in [0.29, 0.717) is 9.97 Å². The van der Waals surface area contributed by atoms with Gasteiger partial charge < -0.3 is 0 Å². The zero-order valence-corrected chi connectivity index (χ0v) is 16.4. The predicted octanol–water partition coefficient (Wildman–Crippen LogP) is 0.550. The SMILES string of the molecule is CC(I)(C(=O)OC1(C2CCCC2)CCCCC1)C1N[I-]1. The molecule has 0 aromatic heterocycles. The number of ether oxygens (including phenoxy) is 1.